The summed E-state index contributed by atoms with van der Waals surface area (Å²) in [4.78, 5) is 119. The summed E-state index contributed by atoms with van der Waals surface area (Å²) in [5.74, 6) is -4.62. The largest absolute Gasteiger partial charge is 0.435 e. The molecule has 0 atom stereocenters. The van der Waals surface area contributed by atoms with Crippen molar-refractivity contribution in [3.8, 4) is 23.3 Å². The van der Waals surface area contributed by atoms with E-state index in [2.05, 4.69) is 98.8 Å². The first-order chi connectivity index (χ1) is 59.1. The lowest BCUT2D eigenvalue weighted by Crippen LogP contribution is -2.31. The SMILES string of the molecule is CC(C)NC(=O)c1cc(Cl)cc(Cl)c1NC(=O)c1cc(C(F)(F)F)nn1-c1ncccc1Cl.Cc1cc(Cl)cc(C(=O)NC(C)C)c1NC(=O)c1cc(Br)nn1-c1ncccc1Cl.Cc1cc(Cl)cc(C(=O)NC(C)C)c1NC(=O)c1cc(C(F)(F)F)nn1-c1ncccc1Cl.Cc1cc(Cl)cc(C(=O)NC(C)C)c1NC(=O)c1cc(Cl)nn1-c1ncccc1Cl. The van der Waals surface area contributed by atoms with Gasteiger partial charge < -0.3 is 42.5 Å². The molecule has 126 heavy (non-hydrogen) atoms. The van der Waals surface area contributed by atoms with E-state index in [9.17, 15) is 64.7 Å². The molecule has 660 valence electrons. The first-order valence-corrected chi connectivity index (χ1v) is 41.4. The molecule has 0 aliphatic rings. The van der Waals surface area contributed by atoms with Crippen molar-refractivity contribution < 1.29 is 64.7 Å². The average molecular weight is 2000 g/mol. The third kappa shape index (κ3) is 25.3. The van der Waals surface area contributed by atoms with Gasteiger partial charge in [0.25, 0.3) is 47.3 Å². The van der Waals surface area contributed by atoms with Gasteiger partial charge in [-0.25, -0.2) is 38.7 Å². The first-order valence-electron chi connectivity index (χ1n) is 36.8. The fraction of sp³-hybridized carbons (Fsp3) is 0.210. The van der Waals surface area contributed by atoms with E-state index >= 15 is 0 Å². The van der Waals surface area contributed by atoms with E-state index in [0.717, 1.165) is 0 Å². The molecule has 8 N–H and O–H groups in total. The monoisotopic (exact) mass is 1990 g/mol. The number of amides is 8. The zero-order chi connectivity index (χ0) is 93.0. The molecule has 0 radical (unpaired) electrons. The fourth-order valence-corrected chi connectivity index (χ4v) is 14.1. The number of pyridine rings is 4. The normalized spacial score (nSPS) is 11.2. The number of rotatable bonds is 20. The molecule has 8 aromatic heterocycles. The lowest BCUT2D eigenvalue weighted by molar-refractivity contribution is -0.142. The van der Waals surface area contributed by atoms with Crippen molar-refractivity contribution in [1.82, 2.24) is 80.3 Å². The Morgan fingerprint density at radius 3 is 0.865 bits per heavy atom. The quantitative estimate of drug-likeness (QED) is 0.0329. The molecule has 4 aromatic carbocycles. The molecule has 0 spiro atoms. The van der Waals surface area contributed by atoms with Crippen LogP contribution >= 0.6 is 132 Å². The summed E-state index contributed by atoms with van der Waals surface area (Å²) < 4.78 is 84.5. The standard InChI is InChI=1S/C21H18Cl2F3N5O2.C20H18BrCl2N5O2.C20H15Cl3F3N5O2.C20H18Cl3N5O2/c1-10(2)28-19(32)13-8-12(22)7-11(3)17(13)29-20(33)15-9-16(21(24,25)26)30-31(15)18-14(23)5-4-6-27-18;1-10(2)25-19(29)13-8-12(22)7-11(3)17(13)26-20(30)15-9-16(21)27-28(15)18-14(23)5-4-6-24-18;1-9(2)28-18(32)11-6-10(21)7-13(23)16(11)29-19(33)14-8-15(20(24,25)26)30-31(14)17-12(22)4-3-5-27-17;1-10(2)25-19(29)13-8-12(21)7-11(3)17(13)26-20(30)15-9-16(23)27-28(15)18-14(22)5-4-6-24-18/h4-10H,1-3H3,(H,28,32)(H,29,33);4-10H,1-3H3,(H,25,29)(H,26,30);3-9H,1-2H3,(H,28,32)(H,29,33);4-10H,1-3H3,(H,25,29)(H,26,30). The minimum absolute atomic E-state index is 0.0111. The number of nitrogens with zero attached hydrogens (tertiary/aromatic N) is 12. The Kier molecular flexibility index (Phi) is 33.4. The number of hydrogen-bond donors (Lipinski definition) is 8. The molecule has 28 nitrogen and oxygen atoms in total. The second-order valence-electron chi connectivity index (χ2n) is 28.0. The van der Waals surface area contributed by atoms with Gasteiger partial charge in [0, 0.05) is 93.3 Å². The van der Waals surface area contributed by atoms with E-state index in [4.69, 9.17) is 116 Å². The Morgan fingerprint density at radius 1 is 0.325 bits per heavy atom. The third-order valence-corrected chi connectivity index (χ3v) is 19.5. The highest BCUT2D eigenvalue weighted by molar-refractivity contribution is 9.10. The van der Waals surface area contributed by atoms with E-state index in [1.54, 1.807) is 97.1 Å². The molecular formula is C81H69BrCl10F6N20O8. The molecule has 0 saturated carbocycles. The van der Waals surface area contributed by atoms with Crippen LogP contribution in [0.5, 0.6) is 0 Å². The topological polar surface area (TPSA) is 356 Å². The van der Waals surface area contributed by atoms with Gasteiger partial charge in [0.05, 0.1) is 70.1 Å². The summed E-state index contributed by atoms with van der Waals surface area (Å²) in [7, 11) is 0. The molecule has 0 bridgehead atoms. The van der Waals surface area contributed by atoms with Crippen LogP contribution in [0, 0.1) is 20.8 Å². The van der Waals surface area contributed by atoms with Crippen molar-refractivity contribution in [2.75, 3.05) is 21.3 Å². The van der Waals surface area contributed by atoms with Crippen LogP contribution in [0.2, 0.25) is 50.4 Å². The predicted octanol–water partition coefficient (Wildman–Crippen LogP) is 20.9. The average Bonchev–Trinajstić information content (AvgIpc) is 1.53. The Bertz CT molecular complexity index is 5820. The van der Waals surface area contributed by atoms with Crippen LogP contribution in [-0.2, 0) is 12.4 Å². The number of aromatic nitrogens is 12. The van der Waals surface area contributed by atoms with Gasteiger partial charge in [-0.15, -0.1) is 0 Å². The lowest BCUT2D eigenvalue weighted by Gasteiger charge is -2.16. The van der Waals surface area contributed by atoms with Crippen molar-refractivity contribution >= 4 is 202 Å². The summed E-state index contributed by atoms with van der Waals surface area (Å²) in [6, 6.07) is 27.5. The van der Waals surface area contributed by atoms with Crippen molar-refractivity contribution in [2.24, 2.45) is 0 Å². The Morgan fingerprint density at radius 2 is 0.579 bits per heavy atom. The van der Waals surface area contributed by atoms with Crippen molar-refractivity contribution in [2.45, 2.75) is 113 Å². The minimum atomic E-state index is -4.85. The number of alkyl halides is 6. The third-order valence-electron chi connectivity index (χ3n) is 16.6. The zero-order valence-electron chi connectivity index (χ0n) is 67.2. The number of carbonyl (C=O) groups excluding carboxylic acids is 8. The zero-order valence-corrected chi connectivity index (χ0v) is 76.4. The molecule has 8 amide bonds. The number of halogens is 17. The Balaban J connectivity index is 0.000000190. The number of nitrogens with one attached hydrogen (secondary N) is 8. The highest BCUT2D eigenvalue weighted by Gasteiger charge is 2.39. The number of hydrogen-bond acceptors (Lipinski definition) is 16. The Labute approximate surface area is 772 Å². The Hall–Kier alpha value is -11.0. The van der Waals surface area contributed by atoms with Crippen LogP contribution in [0.4, 0.5) is 49.1 Å². The van der Waals surface area contributed by atoms with Crippen LogP contribution in [-0.4, -0.2) is 130 Å². The molecule has 12 rings (SSSR count). The smallest absolute Gasteiger partial charge is 0.350 e. The molecule has 0 aliphatic carbocycles. The van der Waals surface area contributed by atoms with E-state index < -0.39 is 70.6 Å². The second-order valence-corrected chi connectivity index (χ2v) is 33.0. The van der Waals surface area contributed by atoms with E-state index in [0.29, 0.717) is 80.1 Å². The summed E-state index contributed by atoms with van der Waals surface area (Å²) in [5.41, 5.74) is -0.536. The maximum Gasteiger partial charge on any atom is 0.435 e. The number of carbonyl (C=O) groups is 8. The van der Waals surface area contributed by atoms with Gasteiger partial charge in [-0.3, -0.25) is 38.4 Å². The van der Waals surface area contributed by atoms with Gasteiger partial charge in [-0.1, -0.05) is 116 Å². The van der Waals surface area contributed by atoms with Crippen LogP contribution in [0.15, 0.2) is 151 Å². The molecular weight excluding hydrogens is 1930 g/mol. The maximum atomic E-state index is 13.4. The van der Waals surface area contributed by atoms with Gasteiger partial charge in [-0.2, -0.15) is 46.7 Å². The maximum absolute atomic E-state index is 13.4. The molecule has 12 aromatic rings. The van der Waals surface area contributed by atoms with E-state index in [1.165, 1.54) is 94.7 Å². The van der Waals surface area contributed by atoms with E-state index in [1.807, 2.05) is 27.7 Å². The second kappa shape index (κ2) is 42.6. The van der Waals surface area contributed by atoms with E-state index in [-0.39, 0.29) is 129 Å². The predicted molar refractivity (Wildman–Crippen MR) is 475 cm³/mol. The van der Waals surface area contributed by atoms with Crippen molar-refractivity contribution in [1.29, 1.82) is 0 Å². The minimum Gasteiger partial charge on any atom is -0.350 e. The molecule has 0 fully saturated rings. The molecule has 0 aliphatic heterocycles. The van der Waals surface area contributed by atoms with Gasteiger partial charge in [0.15, 0.2) is 39.8 Å². The van der Waals surface area contributed by atoms with Gasteiger partial charge in [-0.05, 0) is 206 Å². The highest BCUT2D eigenvalue weighted by Crippen LogP contribution is 2.38. The van der Waals surface area contributed by atoms with Gasteiger partial charge in [0.1, 0.15) is 27.4 Å². The molecule has 0 unspecified atom stereocenters. The first kappa shape index (κ1) is 98.8. The number of aryl methyl sites for hydroxylation is 3. The summed E-state index contributed by atoms with van der Waals surface area (Å²) in [6.07, 6.45) is -4.01. The summed E-state index contributed by atoms with van der Waals surface area (Å²) >= 11 is 64.4. The molecule has 0 saturated heterocycles. The van der Waals surface area contributed by atoms with Crippen LogP contribution < -0.4 is 42.5 Å². The van der Waals surface area contributed by atoms with Gasteiger partial charge >= 0.3 is 12.4 Å². The molecule has 8 heterocycles. The van der Waals surface area contributed by atoms with Crippen LogP contribution in [0.3, 0.4) is 0 Å². The number of benzene rings is 4. The van der Waals surface area contributed by atoms with Gasteiger partial charge in [0.2, 0.25) is 0 Å². The van der Waals surface area contributed by atoms with Crippen molar-refractivity contribution in [3.05, 3.63) is 274 Å². The fourth-order valence-electron chi connectivity index (χ4n) is 11.4. The molecule has 45 heteroatoms. The lowest BCUT2D eigenvalue weighted by atomic mass is 10.1. The summed E-state index contributed by atoms with van der Waals surface area (Å²) in [5, 5.41) is 38.5. The van der Waals surface area contributed by atoms with Crippen molar-refractivity contribution in [3.63, 3.8) is 0 Å². The highest BCUT2D eigenvalue weighted by atomic mass is 79.9. The van der Waals surface area contributed by atoms with Crippen LogP contribution in [0.1, 0.15) is 167 Å². The van der Waals surface area contributed by atoms with Crippen LogP contribution in [0.25, 0.3) is 23.3 Å². The number of anilines is 4. The summed E-state index contributed by atoms with van der Waals surface area (Å²) in [6.45, 7) is 19.4.